The third-order valence-corrected chi connectivity index (χ3v) is 3.04. The van der Waals surface area contributed by atoms with Crippen LogP contribution in [0.25, 0.3) is 0 Å². The Morgan fingerprint density at radius 2 is 2.19 bits per heavy atom. The molecule has 5 heteroatoms. The molecule has 1 heterocycles. The summed E-state index contributed by atoms with van der Waals surface area (Å²) in [4.78, 5) is 2.30. The highest BCUT2D eigenvalue weighted by atomic mass is 35.5. The molecule has 0 aliphatic carbocycles. The van der Waals surface area contributed by atoms with Gasteiger partial charge in [0, 0.05) is 12.6 Å². The van der Waals surface area contributed by atoms with Crippen LogP contribution in [-0.2, 0) is 0 Å². The zero-order valence-corrected chi connectivity index (χ0v) is 10.7. The summed E-state index contributed by atoms with van der Waals surface area (Å²) in [5, 5.41) is 3.57. The molecule has 0 bridgehead atoms. The molecule has 0 radical (unpaired) electrons. The van der Waals surface area contributed by atoms with E-state index in [1.54, 1.807) is 6.08 Å². The zero-order chi connectivity index (χ0) is 12.1. The van der Waals surface area contributed by atoms with Crippen molar-refractivity contribution in [2.45, 2.75) is 25.8 Å². The van der Waals surface area contributed by atoms with Gasteiger partial charge in [0.05, 0.1) is 5.82 Å². The number of nitrogens with zero attached hydrogens (tertiary/aromatic N) is 1. The fourth-order valence-corrected chi connectivity index (χ4v) is 1.92. The van der Waals surface area contributed by atoms with Gasteiger partial charge in [0.1, 0.15) is 5.16 Å². The first-order chi connectivity index (χ1) is 7.49. The molecule has 0 saturated carbocycles. The van der Waals surface area contributed by atoms with Crippen molar-refractivity contribution < 1.29 is 0 Å². The van der Waals surface area contributed by atoms with E-state index in [2.05, 4.69) is 17.3 Å². The number of halogens is 1. The number of rotatable bonds is 3. The number of hydrogen-bond donors (Lipinski definition) is 3. The molecule has 1 aliphatic rings. The number of likely N-dealkylation sites (tertiary alicyclic amines) is 1. The normalized spacial score (nSPS) is 25.2. The second-order valence-electron chi connectivity index (χ2n) is 4.38. The molecule has 1 atom stereocenters. The molecule has 0 unspecified atom stereocenters. The van der Waals surface area contributed by atoms with Gasteiger partial charge in [-0.3, -0.25) is 0 Å². The number of likely N-dealkylation sites (N-methyl/N-ethyl adjacent to an activating group) is 1. The van der Waals surface area contributed by atoms with Crippen LogP contribution in [0, 0.1) is 0 Å². The van der Waals surface area contributed by atoms with Crippen molar-refractivity contribution >= 4 is 11.6 Å². The summed E-state index contributed by atoms with van der Waals surface area (Å²) in [5.74, 6) is 0.626. The monoisotopic (exact) mass is 244 g/mol. The average Bonchev–Trinajstić information content (AvgIpc) is 2.16. The molecule has 1 aliphatic heterocycles. The molecule has 1 fully saturated rings. The van der Waals surface area contributed by atoms with Crippen LogP contribution in [0.2, 0.25) is 0 Å². The summed E-state index contributed by atoms with van der Waals surface area (Å²) in [7, 11) is 2.12. The van der Waals surface area contributed by atoms with Crippen LogP contribution in [0.5, 0.6) is 0 Å². The van der Waals surface area contributed by atoms with E-state index in [1.165, 1.54) is 6.42 Å². The highest BCUT2D eigenvalue weighted by Crippen LogP contribution is 2.09. The van der Waals surface area contributed by atoms with Gasteiger partial charge in [0.2, 0.25) is 0 Å². The first-order valence-electron chi connectivity index (χ1n) is 5.53. The standard InChI is InChI=1S/C11H21ClN4/c1-8(11(12)14)6-10(13)15-9-4-3-5-16(2)7-9/h6,9,15H,3-5,7,13-14H2,1-2H3/b10-6+,11-8-/t9-/m1/s1. The molecule has 0 aromatic carbocycles. The topological polar surface area (TPSA) is 67.3 Å². The van der Waals surface area contributed by atoms with Crippen LogP contribution in [0.4, 0.5) is 0 Å². The van der Waals surface area contributed by atoms with E-state index < -0.39 is 0 Å². The molecule has 16 heavy (non-hydrogen) atoms. The molecule has 92 valence electrons. The minimum Gasteiger partial charge on any atom is -0.389 e. The van der Waals surface area contributed by atoms with Gasteiger partial charge >= 0.3 is 0 Å². The van der Waals surface area contributed by atoms with E-state index in [-0.39, 0.29) is 5.16 Å². The number of hydrogen-bond acceptors (Lipinski definition) is 4. The lowest BCUT2D eigenvalue weighted by molar-refractivity contribution is 0.234. The molecule has 1 rings (SSSR count). The van der Waals surface area contributed by atoms with Crippen LogP contribution < -0.4 is 16.8 Å². The number of allylic oxidation sites excluding steroid dienone is 2. The summed E-state index contributed by atoms with van der Waals surface area (Å²) in [5.41, 5.74) is 12.1. The van der Waals surface area contributed by atoms with Crippen molar-refractivity contribution in [1.82, 2.24) is 10.2 Å². The Labute approximate surface area is 102 Å². The minimum atomic E-state index is 0.283. The Balaban J connectivity index is 2.50. The van der Waals surface area contributed by atoms with Gasteiger partial charge in [-0.2, -0.15) is 0 Å². The number of nitrogens with two attached hydrogens (primary N) is 2. The predicted octanol–water partition coefficient (Wildman–Crippen LogP) is 0.899. The van der Waals surface area contributed by atoms with Crippen LogP contribution >= 0.6 is 11.6 Å². The Bertz CT molecular complexity index is 294. The lowest BCUT2D eigenvalue weighted by Crippen LogP contribution is -2.44. The molecular weight excluding hydrogens is 224 g/mol. The summed E-state index contributed by atoms with van der Waals surface area (Å²) < 4.78 is 0. The third kappa shape index (κ3) is 4.33. The zero-order valence-electron chi connectivity index (χ0n) is 9.96. The average molecular weight is 245 g/mol. The first kappa shape index (κ1) is 13.2. The largest absolute Gasteiger partial charge is 0.389 e. The first-order valence-corrected chi connectivity index (χ1v) is 5.91. The number of nitrogens with one attached hydrogen (secondary N) is 1. The molecule has 1 saturated heterocycles. The van der Waals surface area contributed by atoms with E-state index in [1.807, 2.05) is 6.92 Å². The maximum absolute atomic E-state index is 5.87. The quantitative estimate of drug-likeness (QED) is 0.510. The van der Waals surface area contributed by atoms with Crippen molar-refractivity contribution in [3.05, 3.63) is 22.6 Å². The van der Waals surface area contributed by atoms with Gasteiger partial charge in [-0.1, -0.05) is 11.6 Å². The fourth-order valence-electron chi connectivity index (χ4n) is 1.86. The maximum atomic E-state index is 5.87. The molecule has 0 aromatic heterocycles. The van der Waals surface area contributed by atoms with Crippen molar-refractivity contribution in [3.63, 3.8) is 0 Å². The van der Waals surface area contributed by atoms with Gasteiger partial charge in [0.15, 0.2) is 0 Å². The lowest BCUT2D eigenvalue weighted by atomic mass is 10.1. The van der Waals surface area contributed by atoms with Gasteiger partial charge in [-0.15, -0.1) is 0 Å². The van der Waals surface area contributed by atoms with Crippen LogP contribution in [0.15, 0.2) is 22.6 Å². The molecule has 5 N–H and O–H groups in total. The Morgan fingerprint density at radius 3 is 2.75 bits per heavy atom. The van der Waals surface area contributed by atoms with Crippen molar-refractivity contribution in [1.29, 1.82) is 0 Å². The molecule has 4 nitrogen and oxygen atoms in total. The van der Waals surface area contributed by atoms with Crippen LogP contribution in [0.3, 0.4) is 0 Å². The van der Waals surface area contributed by atoms with Crippen molar-refractivity contribution in [3.8, 4) is 0 Å². The van der Waals surface area contributed by atoms with E-state index >= 15 is 0 Å². The fraction of sp³-hybridized carbons (Fsp3) is 0.636. The van der Waals surface area contributed by atoms with Gasteiger partial charge in [-0.25, -0.2) is 0 Å². The van der Waals surface area contributed by atoms with Crippen LogP contribution in [0.1, 0.15) is 19.8 Å². The lowest BCUT2D eigenvalue weighted by Gasteiger charge is -2.30. The third-order valence-electron chi connectivity index (χ3n) is 2.74. The molecule has 0 aromatic rings. The second-order valence-corrected chi connectivity index (χ2v) is 4.78. The van der Waals surface area contributed by atoms with Crippen molar-refractivity contribution in [2.24, 2.45) is 11.5 Å². The summed E-state index contributed by atoms with van der Waals surface area (Å²) >= 11 is 5.66. The van der Waals surface area contributed by atoms with Gasteiger partial charge < -0.3 is 21.7 Å². The van der Waals surface area contributed by atoms with Crippen LogP contribution in [-0.4, -0.2) is 31.1 Å². The van der Waals surface area contributed by atoms with E-state index in [0.29, 0.717) is 11.9 Å². The highest BCUT2D eigenvalue weighted by molar-refractivity contribution is 6.29. The smallest absolute Gasteiger partial charge is 0.102 e. The Hall–Kier alpha value is -0.870. The molecule has 0 spiro atoms. The Morgan fingerprint density at radius 1 is 1.50 bits per heavy atom. The van der Waals surface area contributed by atoms with Gasteiger partial charge in [-0.05, 0) is 45.0 Å². The van der Waals surface area contributed by atoms with E-state index in [0.717, 1.165) is 25.1 Å². The van der Waals surface area contributed by atoms with Gasteiger partial charge in [0.25, 0.3) is 0 Å². The molecule has 0 amide bonds. The van der Waals surface area contributed by atoms with E-state index in [4.69, 9.17) is 23.1 Å². The molecular formula is C11H21ClN4. The highest BCUT2D eigenvalue weighted by Gasteiger charge is 2.16. The minimum absolute atomic E-state index is 0.283. The Kier molecular flexibility index (Phi) is 4.96. The van der Waals surface area contributed by atoms with E-state index in [9.17, 15) is 0 Å². The summed E-state index contributed by atoms with van der Waals surface area (Å²) in [6.07, 6.45) is 4.13. The summed E-state index contributed by atoms with van der Waals surface area (Å²) in [6, 6.07) is 0.416. The predicted molar refractivity (Wildman–Crippen MR) is 68.7 cm³/mol. The maximum Gasteiger partial charge on any atom is 0.102 e. The summed E-state index contributed by atoms with van der Waals surface area (Å²) in [6.45, 7) is 4.02. The van der Waals surface area contributed by atoms with Crippen molar-refractivity contribution in [2.75, 3.05) is 20.1 Å². The second kappa shape index (κ2) is 6.01. The SMILES string of the molecule is CC(/C=C(\N)N[C@@H]1CCCN(C)C1)=C(/N)Cl. The number of piperidine rings is 1.